The van der Waals surface area contributed by atoms with Gasteiger partial charge in [-0.2, -0.15) is 0 Å². The molecule has 5 heteroatoms. The predicted molar refractivity (Wildman–Crippen MR) is 80.4 cm³/mol. The van der Waals surface area contributed by atoms with Crippen LogP contribution in [0.15, 0.2) is 16.7 Å². The van der Waals surface area contributed by atoms with E-state index in [0.29, 0.717) is 5.02 Å². The van der Waals surface area contributed by atoms with E-state index in [2.05, 4.69) is 38.1 Å². The third-order valence-corrected chi connectivity index (χ3v) is 4.20. The third-order valence-electron chi connectivity index (χ3n) is 3.41. The van der Waals surface area contributed by atoms with Gasteiger partial charge in [-0.15, -0.1) is 0 Å². The Morgan fingerprint density at radius 1 is 1.50 bits per heavy atom. The molecule has 0 amide bonds. The molecule has 100 valence electrons. The lowest BCUT2D eigenvalue weighted by Crippen LogP contribution is -2.36. The van der Waals surface area contributed by atoms with Crippen LogP contribution >= 0.6 is 27.5 Å². The van der Waals surface area contributed by atoms with Crippen LogP contribution in [-0.2, 0) is 0 Å². The molecule has 1 N–H and O–H groups in total. The van der Waals surface area contributed by atoms with Gasteiger partial charge in [-0.3, -0.25) is 0 Å². The average Bonchev–Trinajstić information content (AvgIpc) is 2.38. The molecule has 1 aliphatic rings. The Morgan fingerprint density at radius 2 is 2.22 bits per heavy atom. The van der Waals surface area contributed by atoms with Gasteiger partial charge in [0.2, 0.25) is 0 Å². The Morgan fingerprint density at radius 3 is 2.83 bits per heavy atom. The fraction of sp³-hybridized carbons (Fsp3) is 0.615. The van der Waals surface area contributed by atoms with Gasteiger partial charge in [0.05, 0.1) is 9.50 Å². The number of halogens is 2. The van der Waals surface area contributed by atoms with Crippen molar-refractivity contribution in [3.05, 3.63) is 21.8 Å². The monoisotopic (exact) mass is 331 g/mol. The highest BCUT2D eigenvalue weighted by atomic mass is 79.9. The van der Waals surface area contributed by atoms with E-state index in [1.807, 2.05) is 6.07 Å². The number of nitrogens with zero attached hydrogens (tertiary/aromatic N) is 2. The fourth-order valence-electron chi connectivity index (χ4n) is 2.38. The zero-order valence-corrected chi connectivity index (χ0v) is 13.0. The normalized spacial score (nSPS) is 16.8. The minimum absolute atomic E-state index is 0.670. The maximum absolute atomic E-state index is 5.94. The van der Waals surface area contributed by atoms with Gasteiger partial charge < -0.3 is 10.2 Å². The lowest BCUT2D eigenvalue weighted by atomic mass is 9.97. The number of anilines is 1. The van der Waals surface area contributed by atoms with Crippen LogP contribution < -0.4 is 10.2 Å². The maximum atomic E-state index is 5.94. The molecule has 0 unspecified atom stereocenters. The number of hydrogen-bond donors (Lipinski definition) is 1. The quantitative estimate of drug-likeness (QED) is 0.917. The molecule has 1 aromatic rings. The highest BCUT2D eigenvalue weighted by molar-refractivity contribution is 9.10. The summed E-state index contributed by atoms with van der Waals surface area (Å²) < 4.78 is 0.978. The van der Waals surface area contributed by atoms with Crippen LogP contribution in [0.1, 0.15) is 19.8 Å². The first kappa shape index (κ1) is 14.1. The third kappa shape index (κ3) is 3.59. The van der Waals surface area contributed by atoms with E-state index in [1.54, 1.807) is 6.20 Å². The van der Waals surface area contributed by atoms with Gasteiger partial charge in [0.25, 0.3) is 0 Å². The maximum Gasteiger partial charge on any atom is 0.142 e. The zero-order valence-electron chi connectivity index (χ0n) is 10.6. The van der Waals surface area contributed by atoms with Gasteiger partial charge in [0.15, 0.2) is 0 Å². The first-order valence-electron chi connectivity index (χ1n) is 6.47. The van der Waals surface area contributed by atoms with Crippen molar-refractivity contribution in [3.63, 3.8) is 0 Å². The van der Waals surface area contributed by atoms with Gasteiger partial charge >= 0.3 is 0 Å². The zero-order chi connectivity index (χ0) is 13.0. The molecular formula is C13H19BrClN3. The summed E-state index contributed by atoms with van der Waals surface area (Å²) in [4.78, 5) is 6.78. The Bertz CT molecular complexity index is 394. The molecular weight excluding hydrogens is 314 g/mol. The summed E-state index contributed by atoms with van der Waals surface area (Å²) in [5.41, 5.74) is 0. The summed E-state index contributed by atoms with van der Waals surface area (Å²) >= 11 is 9.49. The number of nitrogens with one attached hydrogen (secondary N) is 1. The standard InChI is InChI=1S/C13H19BrClN3/c1-2-18(9-10-3-5-16-6-4-10)13-12(14)7-11(15)8-17-13/h7-8,10,16H,2-6,9H2,1H3. The fourth-order valence-corrected chi connectivity index (χ4v) is 3.27. The van der Waals surface area contributed by atoms with Gasteiger partial charge in [0.1, 0.15) is 5.82 Å². The molecule has 0 spiro atoms. The second-order valence-electron chi connectivity index (χ2n) is 4.69. The lowest BCUT2D eigenvalue weighted by molar-refractivity contribution is 0.374. The van der Waals surface area contributed by atoms with Crippen molar-refractivity contribution >= 4 is 33.3 Å². The minimum atomic E-state index is 0.670. The van der Waals surface area contributed by atoms with E-state index < -0.39 is 0 Å². The van der Waals surface area contributed by atoms with Crippen LogP contribution in [0.3, 0.4) is 0 Å². The number of hydrogen-bond acceptors (Lipinski definition) is 3. The topological polar surface area (TPSA) is 28.2 Å². The molecule has 1 aliphatic heterocycles. The van der Waals surface area contributed by atoms with Crippen LogP contribution in [0.5, 0.6) is 0 Å². The first-order valence-corrected chi connectivity index (χ1v) is 7.64. The van der Waals surface area contributed by atoms with Crippen LogP contribution in [0.4, 0.5) is 5.82 Å². The minimum Gasteiger partial charge on any atom is -0.356 e. The van der Waals surface area contributed by atoms with Crippen molar-refractivity contribution in [2.75, 3.05) is 31.1 Å². The Hall–Kier alpha value is -0.320. The van der Waals surface area contributed by atoms with Crippen molar-refractivity contribution in [2.45, 2.75) is 19.8 Å². The van der Waals surface area contributed by atoms with Crippen molar-refractivity contribution in [2.24, 2.45) is 5.92 Å². The largest absolute Gasteiger partial charge is 0.356 e. The lowest BCUT2D eigenvalue weighted by Gasteiger charge is -2.30. The highest BCUT2D eigenvalue weighted by Crippen LogP contribution is 2.27. The summed E-state index contributed by atoms with van der Waals surface area (Å²) in [7, 11) is 0. The Kier molecular flexibility index (Phi) is 5.27. The Labute approximate surface area is 122 Å². The van der Waals surface area contributed by atoms with Gasteiger partial charge in [-0.1, -0.05) is 11.6 Å². The second kappa shape index (κ2) is 6.73. The summed E-state index contributed by atoms with van der Waals surface area (Å²) in [6.45, 7) is 6.49. The molecule has 18 heavy (non-hydrogen) atoms. The van der Waals surface area contributed by atoms with E-state index in [9.17, 15) is 0 Å². The summed E-state index contributed by atoms with van der Waals surface area (Å²) in [5.74, 6) is 1.76. The molecule has 0 aromatic carbocycles. The number of rotatable bonds is 4. The van der Waals surface area contributed by atoms with Crippen LogP contribution in [0.25, 0.3) is 0 Å². The van der Waals surface area contributed by atoms with Gasteiger partial charge in [-0.05, 0) is 60.8 Å². The van der Waals surface area contributed by atoms with Gasteiger partial charge in [0, 0.05) is 19.3 Å². The molecule has 3 nitrogen and oxygen atoms in total. The second-order valence-corrected chi connectivity index (χ2v) is 5.98. The molecule has 0 atom stereocenters. The van der Waals surface area contributed by atoms with Crippen molar-refractivity contribution in [1.82, 2.24) is 10.3 Å². The number of piperidine rings is 1. The predicted octanol–water partition coefficient (Wildman–Crippen LogP) is 3.32. The first-order chi connectivity index (χ1) is 8.70. The molecule has 0 bridgehead atoms. The number of aromatic nitrogens is 1. The molecule has 2 rings (SSSR count). The molecule has 1 saturated heterocycles. The van der Waals surface area contributed by atoms with Gasteiger partial charge in [-0.25, -0.2) is 4.98 Å². The summed E-state index contributed by atoms with van der Waals surface area (Å²) in [6.07, 6.45) is 4.22. The van der Waals surface area contributed by atoms with Crippen LogP contribution in [0.2, 0.25) is 5.02 Å². The molecule has 1 fully saturated rings. The van der Waals surface area contributed by atoms with E-state index in [4.69, 9.17) is 11.6 Å². The molecule has 2 heterocycles. The van der Waals surface area contributed by atoms with E-state index in [1.165, 1.54) is 12.8 Å². The van der Waals surface area contributed by atoms with E-state index >= 15 is 0 Å². The molecule has 0 radical (unpaired) electrons. The average molecular weight is 333 g/mol. The highest BCUT2D eigenvalue weighted by Gasteiger charge is 2.18. The van der Waals surface area contributed by atoms with E-state index in [-0.39, 0.29) is 0 Å². The molecule has 0 aliphatic carbocycles. The van der Waals surface area contributed by atoms with Crippen LogP contribution in [-0.4, -0.2) is 31.2 Å². The van der Waals surface area contributed by atoms with Crippen molar-refractivity contribution in [1.29, 1.82) is 0 Å². The van der Waals surface area contributed by atoms with Crippen molar-refractivity contribution in [3.8, 4) is 0 Å². The number of pyridine rings is 1. The van der Waals surface area contributed by atoms with Crippen molar-refractivity contribution < 1.29 is 0 Å². The summed E-state index contributed by atoms with van der Waals surface area (Å²) in [6, 6.07) is 1.91. The smallest absolute Gasteiger partial charge is 0.142 e. The molecule has 0 saturated carbocycles. The Balaban J connectivity index is 2.07. The molecule has 1 aromatic heterocycles. The SMILES string of the molecule is CCN(CC1CCNCC1)c1ncc(Cl)cc1Br. The van der Waals surface area contributed by atoms with Crippen LogP contribution in [0, 0.1) is 5.92 Å². The summed E-state index contributed by atoms with van der Waals surface area (Å²) in [5, 5.41) is 4.07. The van der Waals surface area contributed by atoms with E-state index in [0.717, 1.165) is 42.4 Å².